The molecule has 0 radical (unpaired) electrons. The van der Waals surface area contributed by atoms with Gasteiger partial charge in [-0.1, -0.05) is 42.5 Å². The molecule has 3 aromatic rings. The van der Waals surface area contributed by atoms with Gasteiger partial charge in [0.1, 0.15) is 5.82 Å². The number of esters is 2. The summed E-state index contributed by atoms with van der Waals surface area (Å²) in [5, 5.41) is 2.70. The number of amides is 1. The van der Waals surface area contributed by atoms with Gasteiger partial charge in [0.25, 0.3) is 5.91 Å². The lowest BCUT2D eigenvalue weighted by Gasteiger charge is -2.18. The number of ether oxygens (including phenoxy) is 2. The molecule has 8 heteroatoms. The summed E-state index contributed by atoms with van der Waals surface area (Å²) in [6.45, 7) is 3.00. The van der Waals surface area contributed by atoms with E-state index in [1.165, 1.54) is 29.7 Å². The molecule has 0 saturated heterocycles. The molecule has 0 saturated carbocycles. The fourth-order valence-electron chi connectivity index (χ4n) is 3.33. The summed E-state index contributed by atoms with van der Waals surface area (Å²) in [4.78, 5) is 37.5. The highest BCUT2D eigenvalue weighted by atomic mass is 19.1. The number of rotatable bonds is 7. The van der Waals surface area contributed by atoms with Crippen LogP contribution in [0, 0.1) is 5.82 Å². The van der Waals surface area contributed by atoms with Crippen molar-refractivity contribution in [3.05, 3.63) is 77.9 Å². The van der Waals surface area contributed by atoms with Crippen LogP contribution in [0.1, 0.15) is 36.0 Å². The third-order valence-corrected chi connectivity index (χ3v) is 4.66. The van der Waals surface area contributed by atoms with E-state index in [1.54, 1.807) is 56.6 Å². The van der Waals surface area contributed by atoms with Gasteiger partial charge < -0.3 is 19.4 Å². The van der Waals surface area contributed by atoms with Crippen molar-refractivity contribution in [1.29, 1.82) is 0 Å². The summed E-state index contributed by atoms with van der Waals surface area (Å²) in [5.41, 5.74) is 1.54. The van der Waals surface area contributed by atoms with E-state index in [0.29, 0.717) is 16.7 Å². The molecular weight excluding hydrogens is 415 g/mol. The predicted octanol–water partition coefficient (Wildman–Crippen LogP) is 4.25. The second-order valence-corrected chi connectivity index (χ2v) is 7.00. The molecule has 1 aromatic heterocycles. The highest BCUT2D eigenvalue weighted by Gasteiger charge is 2.29. The highest BCUT2D eigenvalue weighted by Crippen LogP contribution is 2.35. The van der Waals surface area contributed by atoms with Crippen LogP contribution in [0.5, 0.6) is 0 Å². The van der Waals surface area contributed by atoms with Gasteiger partial charge in [-0.15, -0.1) is 0 Å². The van der Waals surface area contributed by atoms with Gasteiger partial charge in [0.05, 0.1) is 12.3 Å². The number of halogens is 1. The van der Waals surface area contributed by atoms with E-state index in [1.807, 2.05) is 0 Å². The Morgan fingerprint density at radius 3 is 2.44 bits per heavy atom. The first-order valence-corrected chi connectivity index (χ1v) is 9.97. The van der Waals surface area contributed by atoms with Crippen LogP contribution in [-0.4, -0.2) is 29.0 Å². The van der Waals surface area contributed by atoms with Crippen LogP contribution in [-0.2, 0) is 26.1 Å². The number of nitrogens with zero attached hydrogens (tertiary/aromatic N) is 1. The Bertz CT molecular complexity index is 1140. The van der Waals surface area contributed by atoms with Crippen molar-refractivity contribution in [3.63, 3.8) is 0 Å². The van der Waals surface area contributed by atoms with Crippen molar-refractivity contribution in [2.75, 3.05) is 11.9 Å². The van der Waals surface area contributed by atoms with Crippen LogP contribution in [0.15, 0.2) is 60.8 Å². The van der Waals surface area contributed by atoms with Crippen LogP contribution < -0.4 is 5.32 Å². The number of anilines is 1. The summed E-state index contributed by atoms with van der Waals surface area (Å²) in [5.74, 6) is -2.43. The number of hydrogen-bond donors (Lipinski definition) is 1. The van der Waals surface area contributed by atoms with E-state index in [-0.39, 0.29) is 18.0 Å². The molecule has 1 N–H and O–H groups in total. The summed E-state index contributed by atoms with van der Waals surface area (Å²) in [6, 6.07) is 14.3. The first-order chi connectivity index (χ1) is 15.3. The maximum absolute atomic E-state index is 13.9. The number of hydrogen-bond acceptors (Lipinski definition) is 5. The zero-order valence-corrected chi connectivity index (χ0v) is 17.9. The number of carbonyl (C=O) groups is 3. The molecule has 3 rings (SSSR count). The number of nitrogens with one attached hydrogen (secondary N) is 1. The third kappa shape index (κ3) is 5.03. The minimum Gasteiger partial charge on any atom is -0.461 e. The molecule has 0 spiro atoms. The number of aromatic nitrogens is 1. The van der Waals surface area contributed by atoms with Crippen LogP contribution >= 0.6 is 0 Å². The summed E-state index contributed by atoms with van der Waals surface area (Å²) in [7, 11) is 1.62. The topological polar surface area (TPSA) is 86.6 Å². The van der Waals surface area contributed by atoms with Crippen molar-refractivity contribution in [2.24, 2.45) is 7.05 Å². The van der Waals surface area contributed by atoms with Gasteiger partial charge in [0.15, 0.2) is 5.69 Å². The lowest BCUT2D eigenvalue weighted by molar-refractivity contribution is -0.152. The minimum absolute atomic E-state index is 0.0779. The smallest absolute Gasteiger partial charge is 0.357 e. The van der Waals surface area contributed by atoms with Gasteiger partial charge in [0.2, 0.25) is 6.10 Å². The van der Waals surface area contributed by atoms with E-state index in [9.17, 15) is 18.8 Å². The molecule has 7 nitrogen and oxygen atoms in total. The van der Waals surface area contributed by atoms with E-state index in [2.05, 4.69) is 5.32 Å². The monoisotopic (exact) mass is 438 g/mol. The Kier molecular flexibility index (Phi) is 7.04. The Balaban J connectivity index is 2.08. The minimum atomic E-state index is -1.25. The molecule has 1 atom stereocenters. The molecule has 1 unspecified atom stereocenters. The second-order valence-electron chi connectivity index (χ2n) is 7.00. The molecule has 1 amide bonds. The number of carbonyl (C=O) groups excluding carboxylic acids is 3. The van der Waals surface area contributed by atoms with Crippen LogP contribution in [0.25, 0.3) is 11.1 Å². The van der Waals surface area contributed by atoms with E-state index < -0.39 is 29.8 Å². The van der Waals surface area contributed by atoms with Gasteiger partial charge in [-0.05, 0) is 24.6 Å². The molecule has 32 heavy (non-hydrogen) atoms. The van der Waals surface area contributed by atoms with Gasteiger partial charge in [-0.2, -0.15) is 0 Å². The SMILES string of the molecule is CCOC(=O)c1c(NC(=O)C(OC(C)=O)c2ccccc2)c(-c2cccc(F)c2)cn1C. The molecule has 0 bridgehead atoms. The fraction of sp³-hybridized carbons (Fsp3) is 0.208. The molecule has 0 aliphatic carbocycles. The second kappa shape index (κ2) is 9.91. The maximum Gasteiger partial charge on any atom is 0.357 e. The average Bonchev–Trinajstić information content (AvgIpc) is 3.08. The molecular formula is C24H23FN2O5. The number of aryl methyl sites for hydroxylation is 1. The quantitative estimate of drug-likeness (QED) is 0.558. The normalized spacial score (nSPS) is 11.5. The summed E-state index contributed by atoms with van der Waals surface area (Å²) < 4.78 is 25.8. The van der Waals surface area contributed by atoms with E-state index in [0.717, 1.165) is 0 Å². The van der Waals surface area contributed by atoms with Crippen LogP contribution in [0.3, 0.4) is 0 Å². The Morgan fingerprint density at radius 1 is 1.09 bits per heavy atom. The van der Waals surface area contributed by atoms with Crippen molar-refractivity contribution >= 4 is 23.5 Å². The van der Waals surface area contributed by atoms with Gasteiger partial charge in [-0.25, -0.2) is 9.18 Å². The third-order valence-electron chi connectivity index (χ3n) is 4.66. The number of benzene rings is 2. The van der Waals surface area contributed by atoms with E-state index >= 15 is 0 Å². The van der Waals surface area contributed by atoms with Crippen molar-refractivity contribution < 1.29 is 28.2 Å². The van der Waals surface area contributed by atoms with Gasteiger partial charge >= 0.3 is 11.9 Å². The van der Waals surface area contributed by atoms with Gasteiger partial charge in [-0.3, -0.25) is 9.59 Å². The molecule has 2 aromatic carbocycles. The highest BCUT2D eigenvalue weighted by molar-refractivity contribution is 6.07. The fourth-order valence-corrected chi connectivity index (χ4v) is 3.33. The molecule has 0 aliphatic heterocycles. The molecule has 166 valence electrons. The zero-order chi connectivity index (χ0) is 23.3. The summed E-state index contributed by atoms with van der Waals surface area (Å²) in [6.07, 6.45) is 0.351. The average molecular weight is 438 g/mol. The van der Waals surface area contributed by atoms with Gasteiger partial charge in [0, 0.05) is 31.3 Å². The predicted molar refractivity (Wildman–Crippen MR) is 116 cm³/mol. The maximum atomic E-state index is 13.9. The lowest BCUT2D eigenvalue weighted by Crippen LogP contribution is -2.26. The zero-order valence-electron chi connectivity index (χ0n) is 17.9. The molecule has 0 fully saturated rings. The Morgan fingerprint density at radius 2 is 1.81 bits per heavy atom. The first kappa shape index (κ1) is 22.7. The molecule has 1 heterocycles. The largest absolute Gasteiger partial charge is 0.461 e. The van der Waals surface area contributed by atoms with E-state index in [4.69, 9.17) is 9.47 Å². The standard InChI is InChI=1S/C24H23FN2O5/c1-4-31-24(30)21-20(19(14-27(21)3)17-11-8-12-18(25)13-17)26-23(29)22(32-15(2)28)16-9-6-5-7-10-16/h5-14,22H,4H2,1-3H3,(H,26,29). The Hall–Kier alpha value is -3.94. The van der Waals surface area contributed by atoms with Crippen LogP contribution in [0.2, 0.25) is 0 Å². The Labute approximate surface area is 184 Å². The molecule has 0 aliphatic rings. The van der Waals surface area contributed by atoms with Crippen molar-refractivity contribution in [2.45, 2.75) is 20.0 Å². The lowest BCUT2D eigenvalue weighted by atomic mass is 10.1. The van der Waals surface area contributed by atoms with Crippen molar-refractivity contribution in [1.82, 2.24) is 4.57 Å². The van der Waals surface area contributed by atoms with Crippen molar-refractivity contribution in [3.8, 4) is 11.1 Å². The first-order valence-electron chi connectivity index (χ1n) is 9.97. The summed E-state index contributed by atoms with van der Waals surface area (Å²) >= 11 is 0. The van der Waals surface area contributed by atoms with Crippen LogP contribution in [0.4, 0.5) is 10.1 Å².